The number of halogens is 1. The lowest BCUT2D eigenvalue weighted by Gasteiger charge is -2.30. The summed E-state index contributed by atoms with van der Waals surface area (Å²) in [6, 6.07) is 6.28. The summed E-state index contributed by atoms with van der Waals surface area (Å²) in [4.78, 5) is 35.2. The number of amides is 1. The number of carbonyl (C=O) groups is 1. The largest absolute Gasteiger partial charge is 0.342 e. The number of likely N-dealkylation sites (tertiary alicyclic amines) is 1. The van der Waals surface area contributed by atoms with Crippen LogP contribution in [0.4, 0.5) is 4.39 Å². The molecule has 0 spiro atoms. The first kappa shape index (κ1) is 22.6. The van der Waals surface area contributed by atoms with Gasteiger partial charge in [0.25, 0.3) is 5.56 Å². The molecule has 5 rings (SSSR count). The van der Waals surface area contributed by atoms with E-state index in [1.807, 2.05) is 4.90 Å². The SMILES string of the molecule is CC1CCN(C(=O)CSc2nc3sc4c(c3c(=O)n2-c2ccccc2F)CCC(C)C4)CC1. The number of rotatable bonds is 4. The van der Waals surface area contributed by atoms with Gasteiger partial charge in [-0.15, -0.1) is 11.3 Å². The highest BCUT2D eigenvalue weighted by Crippen LogP contribution is 2.37. The van der Waals surface area contributed by atoms with Crippen LogP contribution >= 0.6 is 23.1 Å². The molecular weight excluding hydrogens is 457 g/mol. The third-order valence-corrected chi connectivity index (χ3v) is 8.92. The van der Waals surface area contributed by atoms with E-state index in [4.69, 9.17) is 4.98 Å². The van der Waals surface area contributed by atoms with Crippen molar-refractivity contribution in [2.24, 2.45) is 11.8 Å². The first-order valence-corrected chi connectivity index (χ1v) is 13.5. The van der Waals surface area contributed by atoms with E-state index in [0.717, 1.165) is 50.8 Å². The van der Waals surface area contributed by atoms with Crippen LogP contribution in [0.1, 0.15) is 43.6 Å². The number of piperidine rings is 1. The molecule has 1 fully saturated rings. The Morgan fingerprint density at radius 1 is 1.18 bits per heavy atom. The Bertz CT molecular complexity index is 1260. The second kappa shape index (κ2) is 9.22. The maximum absolute atomic E-state index is 14.8. The Hall–Kier alpha value is -2.19. The zero-order valence-corrected chi connectivity index (χ0v) is 20.6. The number of aromatic nitrogens is 2. The molecule has 1 saturated heterocycles. The van der Waals surface area contributed by atoms with Crippen LogP contribution in [-0.4, -0.2) is 39.2 Å². The van der Waals surface area contributed by atoms with Gasteiger partial charge in [-0.2, -0.15) is 0 Å². The van der Waals surface area contributed by atoms with Crippen molar-refractivity contribution in [3.63, 3.8) is 0 Å². The smallest absolute Gasteiger partial charge is 0.267 e. The van der Waals surface area contributed by atoms with E-state index in [1.165, 1.54) is 27.3 Å². The summed E-state index contributed by atoms with van der Waals surface area (Å²) in [5.74, 6) is 0.975. The summed E-state index contributed by atoms with van der Waals surface area (Å²) in [5.41, 5.74) is 1.02. The van der Waals surface area contributed by atoms with Crippen LogP contribution < -0.4 is 5.56 Å². The third-order valence-electron chi connectivity index (χ3n) is 6.85. The number of aryl methyl sites for hydroxylation is 1. The molecule has 174 valence electrons. The summed E-state index contributed by atoms with van der Waals surface area (Å²) >= 11 is 2.80. The van der Waals surface area contributed by atoms with Crippen LogP contribution in [0.5, 0.6) is 0 Å². The number of hydrogen-bond acceptors (Lipinski definition) is 5. The van der Waals surface area contributed by atoms with E-state index in [9.17, 15) is 14.0 Å². The Kier molecular flexibility index (Phi) is 6.31. The van der Waals surface area contributed by atoms with Gasteiger partial charge < -0.3 is 4.90 Å². The quantitative estimate of drug-likeness (QED) is 0.383. The van der Waals surface area contributed by atoms with Gasteiger partial charge in [0.15, 0.2) is 5.16 Å². The molecule has 3 heterocycles. The minimum atomic E-state index is -0.475. The summed E-state index contributed by atoms with van der Waals surface area (Å²) < 4.78 is 16.2. The molecule has 1 aromatic carbocycles. The number of nitrogens with zero attached hydrogens (tertiary/aromatic N) is 3. The molecule has 2 aliphatic rings. The zero-order valence-electron chi connectivity index (χ0n) is 19.0. The first-order chi connectivity index (χ1) is 15.9. The van der Waals surface area contributed by atoms with Crippen LogP contribution in [0.3, 0.4) is 0 Å². The lowest BCUT2D eigenvalue weighted by Crippen LogP contribution is -2.39. The number of hydrogen-bond donors (Lipinski definition) is 0. The molecule has 2 aromatic heterocycles. The van der Waals surface area contributed by atoms with Gasteiger partial charge in [0.05, 0.1) is 16.8 Å². The Morgan fingerprint density at radius 2 is 1.94 bits per heavy atom. The van der Waals surface area contributed by atoms with Crippen molar-refractivity contribution in [2.75, 3.05) is 18.8 Å². The molecule has 1 amide bonds. The molecule has 8 heteroatoms. The van der Waals surface area contributed by atoms with Gasteiger partial charge in [-0.3, -0.25) is 14.2 Å². The van der Waals surface area contributed by atoms with Crippen molar-refractivity contribution in [1.29, 1.82) is 0 Å². The fourth-order valence-electron chi connectivity index (χ4n) is 4.79. The van der Waals surface area contributed by atoms with Crippen LogP contribution in [0.25, 0.3) is 15.9 Å². The molecule has 33 heavy (non-hydrogen) atoms. The van der Waals surface area contributed by atoms with Gasteiger partial charge in [-0.05, 0) is 61.6 Å². The topological polar surface area (TPSA) is 55.2 Å². The summed E-state index contributed by atoms with van der Waals surface area (Å²) in [5, 5.41) is 0.994. The van der Waals surface area contributed by atoms with Gasteiger partial charge in [-0.1, -0.05) is 37.7 Å². The highest BCUT2D eigenvalue weighted by Gasteiger charge is 2.27. The molecule has 1 atom stereocenters. The van der Waals surface area contributed by atoms with E-state index >= 15 is 0 Å². The Morgan fingerprint density at radius 3 is 2.70 bits per heavy atom. The average molecular weight is 486 g/mol. The van der Waals surface area contributed by atoms with Gasteiger partial charge in [0.1, 0.15) is 10.6 Å². The number of fused-ring (bicyclic) bond motifs is 3. The number of benzene rings is 1. The second-order valence-corrected chi connectivity index (χ2v) is 11.4. The van der Waals surface area contributed by atoms with Gasteiger partial charge in [-0.25, -0.2) is 9.37 Å². The van der Waals surface area contributed by atoms with Crippen molar-refractivity contribution in [1.82, 2.24) is 14.5 Å². The number of carbonyl (C=O) groups excluding carboxylic acids is 1. The van der Waals surface area contributed by atoms with Gasteiger partial charge in [0, 0.05) is 18.0 Å². The summed E-state index contributed by atoms with van der Waals surface area (Å²) in [6.07, 6.45) is 4.86. The molecule has 0 radical (unpaired) electrons. The van der Waals surface area contributed by atoms with Gasteiger partial charge in [0.2, 0.25) is 5.91 Å². The molecule has 5 nitrogen and oxygen atoms in total. The first-order valence-electron chi connectivity index (χ1n) is 11.6. The van der Waals surface area contributed by atoms with Crippen LogP contribution in [0.15, 0.2) is 34.2 Å². The van der Waals surface area contributed by atoms with Crippen LogP contribution in [-0.2, 0) is 17.6 Å². The molecule has 0 N–H and O–H groups in total. The maximum atomic E-state index is 14.8. The van der Waals surface area contributed by atoms with E-state index in [1.54, 1.807) is 29.5 Å². The minimum Gasteiger partial charge on any atom is -0.342 e. The maximum Gasteiger partial charge on any atom is 0.267 e. The predicted molar refractivity (Wildman–Crippen MR) is 132 cm³/mol. The molecule has 1 aliphatic heterocycles. The number of thiophene rings is 1. The normalized spacial score (nSPS) is 19.1. The molecular formula is C25H28FN3O2S2. The van der Waals surface area contributed by atoms with Crippen LogP contribution in [0.2, 0.25) is 0 Å². The Balaban J connectivity index is 1.55. The van der Waals surface area contributed by atoms with Crippen molar-refractivity contribution in [3.05, 3.63) is 50.9 Å². The average Bonchev–Trinajstić information content (AvgIpc) is 3.16. The van der Waals surface area contributed by atoms with E-state index < -0.39 is 5.82 Å². The minimum absolute atomic E-state index is 0.0422. The lowest BCUT2D eigenvalue weighted by molar-refractivity contribution is -0.129. The molecule has 3 aromatic rings. The third kappa shape index (κ3) is 4.35. The molecule has 1 aliphatic carbocycles. The number of thioether (sulfide) groups is 1. The zero-order chi connectivity index (χ0) is 23.1. The molecule has 0 saturated carbocycles. The highest BCUT2D eigenvalue weighted by molar-refractivity contribution is 7.99. The molecule has 0 bridgehead atoms. The fraction of sp³-hybridized carbons (Fsp3) is 0.480. The van der Waals surface area contributed by atoms with Crippen molar-refractivity contribution >= 4 is 39.2 Å². The van der Waals surface area contributed by atoms with Crippen LogP contribution in [0, 0.1) is 17.7 Å². The van der Waals surface area contributed by atoms with Gasteiger partial charge >= 0.3 is 0 Å². The van der Waals surface area contributed by atoms with Crippen molar-refractivity contribution in [2.45, 2.75) is 51.1 Å². The van der Waals surface area contributed by atoms with E-state index in [0.29, 0.717) is 27.2 Å². The second-order valence-electron chi connectivity index (χ2n) is 9.37. The highest BCUT2D eigenvalue weighted by atomic mass is 32.2. The Labute approximate surface area is 201 Å². The van der Waals surface area contributed by atoms with Crippen molar-refractivity contribution < 1.29 is 9.18 Å². The van der Waals surface area contributed by atoms with E-state index in [2.05, 4.69) is 13.8 Å². The monoisotopic (exact) mass is 485 g/mol. The summed E-state index contributed by atoms with van der Waals surface area (Å²) in [6.45, 7) is 5.97. The van der Waals surface area contributed by atoms with Crippen molar-refractivity contribution in [3.8, 4) is 5.69 Å². The molecule has 1 unspecified atom stereocenters. The fourth-order valence-corrected chi connectivity index (χ4v) is 7.12. The summed E-state index contributed by atoms with van der Waals surface area (Å²) in [7, 11) is 0. The number of para-hydroxylation sites is 1. The standard InChI is InChI=1S/C25H28FN3O2S2/c1-15-9-11-28(12-10-15)21(30)14-32-25-27-23-22(17-8-7-16(2)13-20(17)33-23)24(31)29(25)19-6-4-3-5-18(19)26/h3-6,15-16H,7-14H2,1-2H3. The van der Waals surface area contributed by atoms with E-state index in [-0.39, 0.29) is 22.9 Å². The lowest BCUT2D eigenvalue weighted by atomic mass is 9.89. The predicted octanol–water partition coefficient (Wildman–Crippen LogP) is 5.06.